The lowest BCUT2D eigenvalue weighted by molar-refractivity contribution is 0.818. The van der Waals surface area contributed by atoms with E-state index in [1.807, 2.05) is 37.4 Å². The molecule has 1 aromatic carbocycles. The number of allylic oxidation sites excluding steroid dienone is 1. The SMILES string of the molecule is Cc1[nH]c2ccc(N=O)cc2c1/C=C1\CCCN=C1c1cccnc1. The first kappa shape index (κ1) is 15.4. The molecule has 0 fully saturated rings. The Labute approximate surface area is 145 Å². The molecular formula is C20H18N4O. The number of benzene rings is 1. The van der Waals surface area contributed by atoms with Crippen LogP contribution in [0, 0.1) is 11.8 Å². The van der Waals surface area contributed by atoms with Crippen molar-refractivity contribution in [1.29, 1.82) is 0 Å². The Morgan fingerprint density at radius 2 is 2.20 bits per heavy atom. The van der Waals surface area contributed by atoms with Crippen molar-refractivity contribution in [3.05, 3.63) is 70.0 Å². The van der Waals surface area contributed by atoms with Crippen molar-refractivity contribution in [2.45, 2.75) is 19.8 Å². The van der Waals surface area contributed by atoms with Gasteiger partial charge in [0.25, 0.3) is 0 Å². The van der Waals surface area contributed by atoms with Crippen LogP contribution in [-0.2, 0) is 0 Å². The highest BCUT2D eigenvalue weighted by Gasteiger charge is 2.16. The highest BCUT2D eigenvalue weighted by Crippen LogP contribution is 2.30. The Hall–Kier alpha value is -3.08. The van der Waals surface area contributed by atoms with Crippen LogP contribution >= 0.6 is 0 Å². The molecule has 0 atom stereocenters. The van der Waals surface area contributed by atoms with Crippen LogP contribution in [0.3, 0.4) is 0 Å². The minimum absolute atomic E-state index is 0.441. The number of rotatable bonds is 3. The van der Waals surface area contributed by atoms with Crippen LogP contribution < -0.4 is 0 Å². The third-order valence-electron chi connectivity index (χ3n) is 4.56. The number of pyridine rings is 1. The average Bonchev–Trinajstić information content (AvgIpc) is 2.97. The largest absolute Gasteiger partial charge is 0.358 e. The first-order valence-electron chi connectivity index (χ1n) is 8.38. The van der Waals surface area contributed by atoms with Crippen LogP contribution in [-0.4, -0.2) is 22.2 Å². The molecule has 0 unspecified atom stereocenters. The molecular weight excluding hydrogens is 312 g/mol. The van der Waals surface area contributed by atoms with Gasteiger partial charge in [0.05, 0.1) is 5.71 Å². The van der Waals surface area contributed by atoms with Gasteiger partial charge < -0.3 is 4.98 Å². The van der Waals surface area contributed by atoms with E-state index in [9.17, 15) is 4.91 Å². The number of fused-ring (bicyclic) bond motifs is 1. The molecule has 25 heavy (non-hydrogen) atoms. The average molecular weight is 330 g/mol. The fourth-order valence-corrected chi connectivity index (χ4v) is 3.35. The van der Waals surface area contributed by atoms with Crippen molar-refractivity contribution in [3.8, 4) is 0 Å². The summed E-state index contributed by atoms with van der Waals surface area (Å²) in [7, 11) is 0. The number of nitrogens with one attached hydrogen (secondary N) is 1. The van der Waals surface area contributed by atoms with E-state index in [0.29, 0.717) is 5.69 Å². The summed E-state index contributed by atoms with van der Waals surface area (Å²) in [5.74, 6) is 0. The molecule has 0 aliphatic carbocycles. The van der Waals surface area contributed by atoms with Gasteiger partial charge in [-0.15, -0.1) is 4.91 Å². The van der Waals surface area contributed by atoms with Gasteiger partial charge >= 0.3 is 0 Å². The molecule has 0 amide bonds. The topological polar surface area (TPSA) is 70.5 Å². The fourth-order valence-electron chi connectivity index (χ4n) is 3.35. The van der Waals surface area contributed by atoms with Gasteiger partial charge in [0.1, 0.15) is 5.69 Å². The Kier molecular flexibility index (Phi) is 3.98. The lowest BCUT2D eigenvalue weighted by Crippen LogP contribution is -2.11. The van der Waals surface area contributed by atoms with Gasteiger partial charge in [-0.1, -0.05) is 0 Å². The lowest BCUT2D eigenvalue weighted by atomic mass is 9.94. The second kappa shape index (κ2) is 6.43. The van der Waals surface area contributed by atoms with Crippen LogP contribution in [0.1, 0.15) is 29.7 Å². The van der Waals surface area contributed by atoms with E-state index in [1.165, 1.54) is 5.57 Å². The summed E-state index contributed by atoms with van der Waals surface area (Å²) in [5, 5.41) is 4.08. The van der Waals surface area contributed by atoms with E-state index in [-0.39, 0.29) is 0 Å². The first-order chi connectivity index (χ1) is 12.3. The molecule has 1 aliphatic heterocycles. The molecule has 4 rings (SSSR count). The predicted octanol–water partition coefficient (Wildman–Crippen LogP) is 4.94. The Balaban J connectivity index is 1.85. The van der Waals surface area contributed by atoms with Gasteiger partial charge in [-0.25, -0.2) is 0 Å². The Morgan fingerprint density at radius 3 is 3.00 bits per heavy atom. The van der Waals surface area contributed by atoms with Crippen LogP contribution in [0.4, 0.5) is 5.69 Å². The quantitative estimate of drug-likeness (QED) is 0.691. The van der Waals surface area contributed by atoms with E-state index in [1.54, 1.807) is 12.3 Å². The van der Waals surface area contributed by atoms with Crippen molar-refractivity contribution in [3.63, 3.8) is 0 Å². The number of aromatic amines is 1. The molecule has 1 N–H and O–H groups in total. The Morgan fingerprint density at radius 1 is 1.28 bits per heavy atom. The Bertz CT molecular complexity index is 999. The minimum atomic E-state index is 0.441. The fraction of sp³-hybridized carbons (Fsp3) is 0.200. The summed E-state index contributed by atoms with van der Waals surface area (Å²) < 4.78 is 0. The molecule has 2 aromatic heterocycles. The maximum atomic E-state index is 10.9. The zero-order chi connectivity index (χ0) is 17.2. The van der Waals surface area contributed by atoms with Gasteiger partial charge in [-0.05, 0) is 66.9 Å². The van der Waals surface area contributed by atoms with Crippen molar-refractivity contribution in [2.24, 2.45) is 10.2 Å². The summed E-state index contributed by atoms with van der Waals surface area (Å²) in [6.07, 6.45) is 7.83. The van der Waals surface area contributed by atoms with E-state index < -0.39 is 0 Å². The molecule has 0 saturated carbocycles. The third-order valence-corrected chi connectivity index (χ3v) is 4.56. The smallest absolute Gasteiger partial charge is 0.108 e. The van der Waals surface area contributed by atoms with E-state index >= 15 is 0 Å². The van der Waals surface area contributed by atoms with Crippen molar-refractivity contribution in [1.82, 2.24) is 9.97 Å². The zero-order valence-electron chi connectivity index (χ0n) is 14.0. The zero-order valence-corrected chi connectivity index (χ0v) is 14.0. The maximum Gasteiger partial charge on any atom is 0.108 e. The minimum Gasteiger partial charge on any atom is -0.358 e. The predicted molar refractivity (Wildman–Crippen MR) is 101 cm³/mol. The van der Waals surface area contributed by atoms with Gasteiger partial charge in [-0.2, -0.15) is 0 Å². The van der Waals surface area contributed by atoms with Crippen LogP contribution in [0.15, 0.2) is 58.5 Å². The van der Waals surface area contributed by atoms with Crippen molar-refractivity contribution < 1.29 is 0 Å². The van der Waals surface area contributed by atoms with Crippen LogP contribution in [0.25, 0.3) is 17.0 Å². The molecule has 3 heterocycles. The highest BCUT2D eigenvalue weighted by molar-refractivity contribution is 6.16. The van der Waals surface area contributed by atoms with E-state index in [4.69, 9.17) is 4.99 Å². The van der Waals surface area contributed by atoms with E-state index in [2.05, 4.69) is 21.2 Å². The normalized spacial score (nSPS) is 16.2. The summed E-state index contributed by atoms with van der Waals surface area (Å²) in [6.45, 7) is 2.89. The van der Waals surface area contributed by atoms with Gasteiger partial charge in [0, 0.05) is 46.7 Å². The number of hydrogen-bond donors (Lipinski definition) is 1. The lowest BCUT2D eigenvalue weighted by Gasteiger charge is -2.16. The molecule has 124 valence electrons. The van der Waals surface area contributed by atoms with Crippen LogP contribution in [0.2, 0.25) is 0 Å². The summed E-state index contributed by atoms with van der Waals surface area (Å²) >= 11 is 0. The first-order valence-corrected chi connectivity index (χ1v) is 8.38. The number of nitrogens with zero attached hydrogens (tertiary/aromatic N) is 3. The van der Waals surface area contributed by atoms with Gasteiger partial charge in [-0.3, -0.25) is 9.98 Å². The molecule has 5 nitrogen and oxygen atoms in total. The maximum absolute atomic E-state index is 10.9. The molecule has 0 radical (unpaired) electrons. The number of aryl methyl sites for hydroxylation is 1. The van der Waals surface area contributed by atoms with Crippen molar-refractivity contribution >= 4 is 28.4 Å². The van der Waals surface area contributed by atoms with Crippen LogP contribution in [0.5, 0.6) is 0 Å². The second-order valence-corrected chi connectivity index (χ2v) is 6.23. The number of aromatic nitrogens is 2. The monoisotopic (exact) mass is 330 g/mol. The van der Waals surface area contributed by atoms with Gasteiger partial charge in [0.2, 0.25) is 0 Å². The summed E-state index contributed by atoms with van der Waals surface area (Å²) in [6, 6.07) is 9.44. The molecule has 0 bridgehead atoms. The van der Waals surface area contributed by atoms with Gasteiger partial charge in [0.15, 0.2) is 0 Å². The van der Waals surface area contributed by atoms with Crippen molar-refractivity contribution in [2.75, 3.05) is 6.54 Å². The van der Waals surface area contributed by atoms with E-state index in [0.717, 1.165) is 52.8 Å². The third kappa shape index (κ3) is 2.89. The number of hydrogen-bond acceptors (Lipinski definition) is 4. The number of aliphatic imine (C=N–C) groups is 1. The molecule has 5 heteroatoms. The molecule has 3 aromatic rings. The second-order valence-electron chi connectivity index (χ2n) is 6.23. The molecule has 0 saturated heterocycles. The number of nitroso groups, excluding NO2 is 1. The molecule has 0 spiro atoms. The molecule has 1 aliphatic rings. The standard InChI is InChI=1S/C20H18N4O/c1-13-17(18-11-16(24-25)6-7-19(18)23-13)10-14-4-3-9-22-20(14)15-5-2-8-21-12-15/h2,5-8,10-12,23H,3-4,9H2,1H3/b14-10+. The number of H-pyrrole nitrogens is 1. The summed E-state index contributed by atoms with van der Waals surface area (Å²) in [5.41, 5.74) is 6.87. The summed E-state index contributed by atoms with van der Waals surface area (Å²) in [4.78, 5) is 23.2. The highest BCUT2D eigenvalue weighted by atomic mass is 16.3.